The van der Waals surface area contributed by atoms with Crippen LogP contribution < -0.4 is 10.6 Å². The number of ether oxygens (including phenoxy) is 1. The summed E-state index contributed by atoms with van der Waals surface area (Å²) in [6.07, 6.45) is 0.305. The van der Waals surface area contributed by atoms with Crippen LogP contribution in [0.25, 0.3) is 0 Å². The Balaban J connectivity index is 2.26. The quantitative estimate of drug-likeness (QED) is 0.851. The summed E-state index contributed by atoms with van der Waals surface area (Å²) in [7, 11) is 0. The van der Waals surface area contributed by atoms with E-state index in [2.05, 4.69) is 43.9 Å². The van der Waals surface area contributed by atoms with Crippen molar-refractivity contribution < 1.29 is 4.74 Å². The molecule has 2 rings (SSSR count). The summed E-state index contributed by atoms with van der Waals surface area (Å²) in [4.78, 5) is 2.43. The van der Waals surface area contributed by atoms with Gasteiger partial charge in [-0.1, -0.05) is 12.1 Å². The van der Waals surface area contributed by atoms with Gasteiger partial charge >= 0.3 is 0 Å². The van der Waals surface area contributed by atoms with E-state index >= 15 is 0 Å². The molecule has 2 unspecified atom stereocenters. The lowest BCUT2D eigenvalue weighted by Crippen LogP contribution is -2.47. The first kappa shape index (κ1) is 12.4. The van der Waals surface area contributed by atoms with Crippen molar-refractivity contribution >= 4 is 5.69 Å². The molecule has 0 spiro atoms. The summed E-state index contributed by atoms with van der Waals surface area (Å²) in [5, 5.41) is 0. The van der Waals surface area contributed by atoms with Gasteiger partial charge in [0, 0.05) is 24.8 Å². The summed E-state index contributed by atoms with van der Waals surface area (Å²) < 4.78 is 5.66. The van der Waals surface area contributed by atoms with Gasteiger partial charge in [-0.3, -0.25) is 0 Å². The predicted molar refractivity (Wildman–Crippen MR) is 71.3 cm³/mol. The molecule has 1 aliphatic rings. The molecular formula is C14H22N2O. The van der Waals surface area contributed by atoms with E-state index in [1.165, 1.54) is 16.8 Å². The minimum absolute atomic E-state index is 0.305. The topological polar surface area (TPSA) is 38.5 Å². The lowest BCUT2D eigenvalue weighted by atomic mass is 10.1. The number of nitrogens with zero attached hydrogens (tertiary/aromatic N) is 1. The van der Waals surface area contributed by atoms with Crippen molar-refractivity contribution in [3.05, 3.63) is 29.3 Å². The van der Waals surface area contributed by atoms with Gasteiger partial charge in [0.2, 0.25) is 0 Å². The van der Waals surface area contributed by atoms with Crippen molar-refractivity contribution in [2.24, 2.45) is 5.73 Å². The van der Waals surface area contributed by atoms with Crippen LogP contribution in [0, 0.1) is 6.92 Å². The Bertz CT molecular complexity index is 392. The number of benzene rings is 1. The highest BCUT2D eigenvalue weighted by atomic mass is 16.5. The van der Waals surface area contributed by atoms with Crippen LogP contribution in [0.3, 0.4) is 0 Å². The van der Waals surface area contributed by atoms with Crippen LogP contribution in [0.2, 0.25) is 0 Å². The Hall–Kier alpha value is -1.06. The molecule has 0 aliphatic carbocycles. The molecule has 2 N–H and O–H groups in total. The van der Waals surface area contributed by atoms with E-state index in [1.807, 2.05) is 0 Å². The van der Waals surface area contributed by atoms with E-state index < -0.39 is 0 Å². The molecule has 0 radical (unpaired) electrons. The maximum Gasteiger partial charge on any atom is 0.0723 e. The SMILES string of the molecule is Cc1cc(CN)ccc1N1CC(C)OCC1C. The average Bonchev–Trinajstić information content (AvgIpc) is 2.32. The highest BCUT2D eigenvalue weighted by Gasteiger charge is 2.24. The smallest absolute Gasteiger partial charge is 0.0723 e. The summed E-state index contributed by atoms with van der Waals surface area (Å²) in [5.74, 6) is 0. The molecule has 1 aromatic rings. The highest BCUT2D eigenvalue weighted by molar-refractivity contribution is 5.55. The fourth-order valence-corrected chi connectivity index (χ4v) is 2.41. The molecule has 1 fully saturated rings. The minimum Gasteiger partial charge on any atom is -0.375 e. The third-order valence-electron chi connectivity index (χ3n) is 3.41. The molecule has 3 heteroatoms. The van der Waals surface area contributed by atoms with Gasteiger partial charge in [-0.15, -0.1) is 0 Å². The molecule has 1 saturated heterocycles. The van der Waals surface area contributed by atoms with Crippen LogP contribution in [-0.4, -0.2) is 25.3 Å². The van der Waals surface area contributed by atoms with E-state index in [0.717, 1.165) is 13.2 Å². The molecule has 1 aliphatic heterocycles. The zero-order chi connectivity index (χ0) is 12.4. The van der Waals surface area contributed by atoms with E-state index in [-0.39, 0.29) is 0 Å². The second-order valence-corrected chi connectivity index (χ2v) is 4.97. The molecule has 0 aromatic heterocycles. The van der Waals surface area contributed by atoms with Gasteiger partial charge in [-0.25, -0.2) is 0 Å². The fraction of sp³-hybridized carbons (Fsp3) is 0.571. The Kier molecular flexibility index (Phi) is 3.69. The van der Waals surface area contributed by atoms with Gasteiger partial charge in [0.15, 0.2) is 0 Å². The number of anilines is 1. The first-order chi connectivity index (χ1) is 8.11. The van der Waals surface area contributed by atoms with Crippen LogP contribution in [-0.2, 0) is 11.3 Å². The second kappa shape index (κ2) is 5.07. The van der Waals surface area contributed by atoms with Crippen molar-refractivity contribution in [1.82, 2.24) is 0 Å². The number of morpholine rings is 1. The number of hydrogen-bond acceptors (Lipinski definition) is 3. The molecule has 2 atom stereocenters. The molecule has 3 nitrogen and oxygen atoms in total. The molecule has 1 aromatic carbocycles. The first-order valence-corrected chi connectivity index (χ1v) is 6.29. The summed E-state index contributed by atoms with van der Waals surface area (Å²) in [6.45, 7) is 8.87. The van der Waals surface area contributed by atoms with Crippen molar-refractivity contribution in [3.63, 3.8) is 0 Å². The van der Waals surface area contributed by atoms with Crippen molar-refractivity contribution in [2.75, 3.05) is 18.1 Å². The molecule has 1 heterocycles. The summed E-state index contributed by atoms with van der Waals surface area (Å²) >= 11 is 0. The maximum absolute atomic E-state index is 5.66. The van der Waals surface area contributed by atoms with Crippen LogP contribution in [0.5, 0.6) is 0 Å². The highest BCUT2D eigenvalue weighted by Crippen LogP contribution is 2.26. The third kappa shape index (κ3) is 2.61. The van der Waals surface area contributed by atoms with Gasteiger partial charge in [0.1, 0.15) is 0 Å². The normalized spacial score (nSPS) is 25.1. The number of nitrogens with two attached hydrogens (primary N) is 1. The first-order valence-electron chi connectivity index (χ1n) is 6.29. The zero-order valence-corrected chi connectivity index (χ0v) is 10.9. The Morgan fingerprint density at radius 2 is 2.18 bits per heavy atom. The maximum atomic E-state index is 5.66. The van der Waals surface area contributed by atoms with Crippen LogP contribution in [0.15, 0.2) is 18.2 Å². The van der Waals surface area contributed by atoms with E-state index in [4.69, 9.17) is 10.5 Å². The fourth-order valence-electron chi connectivity index (χ4n) is 2.41. The van der Waals surface area contributed by atoms with Crippen LogP contribution in [0.1, 0.15) is 25.0 Å². The lowest BCUT2D eigenvalue weighted by molar-refractivity contribution is 0.0343. The standard InChI is InChI=1S/C14H22N2O/c1-10-6-13(7-15)4-5-14(10)16-8-12(3)17-9-11(16)2/h4-6,11-12H,7-9,15H2,1-3H3. The zero-order valence-electron chi connectivity index (χ0n) is 10.9. The number of rotatable bonds is 2. The van der Waals surface area contributed by atoms with Gasteiger partial charge in [0.25, 0.3) is 0 Å². The Morgan fingerprint density at radius 1 is 1.41 bits per heavy atom. The molecule has 17 heavy (non-hydrogen) atoms. The van der Waals surface area contributed by atoms with E-state index in [1.54, 1.807) is 0 Å². The Labute approximate surface area is 104 Å². The molecule has 0 amide bonds. The van der Waals surface area contributed by atoms with E-state index in [0.29, 0.717) is 18.7 Å². The van der Waals surface area contributed by atoms with Crippen LogP contribution in [0.4, 0.5) is 5.69 Å². The van der Waals surface area contributed by atoms with Gasteiger partial charge in [-0.2, -0.15) is 0 Å². The van der Waals surface area contributed by atoms with Gasteiger partial charge < -0.3 is 15.4 Å². The molecule has 0 saturated carbocycles. The lowest BCUT2D eigenvalue weighted by Gasteiger charge is -2.39. The Morgan fingerprint density at radius 3 is 2.82 bits per heavy atom. The predicted octanol–water partition coefficient (Wildman–Crippen LogP) is 2.07. The van der Waals surface area contributed by atoms with Crippen molar-refractivity contribution in [3.8, 4) is 0 Å². The number of hydrogen-bond donors (Lipinski definition) is 1. The molecule has 94 valence electrons. The van der Waals surface area contributed by atoms with Gasteiger partial charge in [-0.05, 0) is 38.0 Å². The van der Waals surface area contributed by atoms with Crippen molar-refractivity contribution in [2.45, 2.75) is 39.5 Å². The monoisotopic (exact) mass is 234 g/mol. The summed E-state index contributed by atoms with van der Waals surface area (Å²) in [6, 6.07) is 6.93. The van der Waals surface area contributed by atoms with Gasteiger partial charge in [0.05, 0.1) is 12.7 Å². The number of aryl methyl sites for hydroxylation is 1. The van der Waals surface area contributed by atoms with Crippen LogP contribution >= 0.6 is 0 Å². The minimum atomic E-state index is 0.305. The molecular weight excluding hydrogens is 212 g/mol. The third-order valence-corrected chi connectivity index (χ3v) is 3.41. The van der Waals surface area contributed by atoms with E-state index in [9.17, 15) is 0 Å². The van der Waals surface area contributed by atoms with Crippen molar-refractivity contribution in [1.29, 1.82) is 0 Å². The average molecular weight is 234 g/mol. The summed E-state index contributed by atoms with van der Waals surface area (Å²) in [5.41, 5.74) is 9.47. The second-order valence-electron chi connectivity index (χ2n) is 4.97. The largest absolute Gasteiger partial charge is 0.375 e. The molecule has 0 bridgehead atoms.